The van der Waals surface area contributed by atoms with Gasteiger partial charge in [-0.3, -0.25) is 0 Å². The van der Waals surface area contributed by atoms with Crippen LogP contribution in [0.5, 0.6) is 5.75 Å². The van der Waals surface area contributed by atoms with E-state index in [1.807, 2.05) is 75.5 Å². The van der Waals surface area contributed by atoms with Gasteiger partial charge in [-0.05, 0) is 75.4 Å². The van der Waals surface area contributed by atoms with Crippen molar-refractivity contribution in [1.29, 1.82) is 0 Å². The summed E-state index contributed by atoms with van der Waals surface area (Å²) in [6.07, 6.45) is -0.467. The molecular formula is C19H19I2NO5. The van der Waals surface area contributed by atoms with Crippen molar-refractivity contribution in [2.75, 3.05) is 6.61 Å². The molecule has 0 radical (unpaired) electrons. The van der Waals surface area contributed by atoms with Gasteiger partial charge < -0.3 is 19.9 Å². The highest BCUT2D eigenvalue weighted by molar-refractivity contribution is 14.1. The van der Waals surface area contributed by atoms with Gasteiger partial charge in [0.05, 0.1) is 13.7 Å². The lowest BCUT2D eigenvalue weighted by molar-refractivity contribution is -0.145. The van der Waals surface area contributed by atoms with Gasteiger partial charge >= 0.3 is 12.1 Å². The van der Waals surface area contributed by atoms with E-state index in [2.05, 4.69) is 5.32 Å². The molecule has 1 atom stereocenters. The average Bonchev–Trinajstić information content (AvgIpc) is 2.65. The smallest absolute Gasteiger partial charge is 0.408 e. The van der Waals surface area contributed by atoms with Crippen LogP contribution in [0.3, 0.4) is 0 Å². The first-order valence-electron chi connectivity index (χ1n) is 8.21. The van der Waals surface area contributed by atoms with Gasteiger partial charge in [-0.25, -0.2) is 9.59 Å². The lowest BCUT2D eigenvalue weighted by Gasteiger charge is -2.18. The maximum atomic E-state index is 12.2. The number of benzene rings is 2. The van der Waals surface area contributed by atoms with E-state index in [4.69, 9.17) is 9.47 Å². The number of alkyl carbamates (subject to hydrolysis) is 1. The molecule has 0 fully saturated rings. The Morgan fingerprint density at radius 3 is 2.30 bits per heavy atom. The standard InChI is InChI=1S/C19H19I2NO5/c1-2-26-18(24)16(10-13-8-14(20)17(23)15(21)9-13)22-19(25)27-11-12-6-4-3-5-7-12/h3-9,16,23H,2,10-11H2,1H3,(H,22,25)/t16-/m0/s1. The number of hydrogen-bond donors (Lipinski definition) is 2. The SMILES string of the molecule is CCOC(=O)[C@H](Cc1cc(I)c(O)c(I)c1)NC(=O)OCc1ccccc1. The molecule has 6 nitrogen and oxygen atoms in total. The number of hydrogen-bond acceptors (Lipinski definition) is 5. The minimum atomic E-state index is -0.885. The van der Waals surface area contributed by atoms with Gasteiger partial charge in [0.15, 0.2) is 0 Å². The minimum absolute atomic E-state index is 0.108. The topological polar surface area (TPSA) is 84.9 Å². The van der Waals surface area contributed by atoms with Crippen LogP contribution in [-0.4, -0.2) is 29.8 Å². The van der Waals surface area contributed by atoms with E-state index in [1.54, 1.807) is 19.1 Å². The van der Waals surface area contributed by atoms with E-state index >= 15 is 0 Å². The first kappa shape index (κ1) is 21.7. The molecule has 144 valence electrons. The zero-order chi connectivity index (χ0) is 19.8. The molecular weight excluding hydrogens is 576 g/mol. The van der Waals surface area contributed by atoms with Crippen LogP contribution in [0.1, 0.15) is 18.1 Å². The number of amides is 1. The molecule has 8 heteroatoms. The second-order valence-electron chi connectivity index (χ2n) is 5.62. The maximum absolute atomic E-state index is 12.2. The predicted molar refractivity (Wildman–Crippen MR) is 117 cm³/mol. The third kappa shape index (κ3) is 6.83. The average molecular weight is 595 g/mol. The fraction of sp³-hybridized carbons (Fsp3) is 0.263. The summed E-state index contributed by atoms with van der Waals surface area (Å²) in [4.78, 5) is 24.4. The van der Waals surface area contributed by atoms with Gasteiger partial charge in [0.2, 0.25) is 0 Å². The fourth-order valence-electron chi connectivity index (χ4n) is 2.31. The number of phenols is 1. The minimum Gasteiger partial charge on any atom is -0.506 e. The van der Waals surface area contributed by atoms with Gasteiger partial charge in [0.25, 0.3) is 0 Å². The van der Waals surface area contributed by atoms with Gasteiger partial charge in [0.1, 0.15) is 18.4 Å². The molecule has 0 spiro atoms. The summed E-state index contributed by atoms with van der Waals surface area (Å²) in [5.74, 6) is -0.338. The van der Waals surface area contributed by atoms with Gasteiger partial charge in [-0.15, -0.1) is 0 Å². The van der Waals surface area contributed by atoms with Gasteiger partial charge in [-0.1, -0.05) is 30.3 Å². The Balaban J connectivity index is 2.05. The van der Waals surface area contributed by atoms with E-state index in [-0.39, 0.29) is 25.4 Å². The quantitative estimate of drug-likeness (QED) is 0.374. The number of aromatic hydroxyl groups is 1. The van der Waals surface area contributed by atoms with Crippen LogP contribution < -0.4 is 5.32 Å². The number of carbonyl (C=O) groups excluding carboxylic acids is 2. The Kier molecular flexibility index (Phi) is 8.61. The van der Waals surface area contributed by atoms with Crippen LogP contribution in [-0.2, 0) is 27.3 Å². The summed E-state index contributed by atoms with van der Waals surface area (Å²) in [6, 6.07) is 11.9. The number of ether oxygens (including phenoxy) is 2. The summed E-state index contributed by atoms with van der Waals surface area (Å²) in [6.45, 7) is 2.02. The molecule has 0 aromatic heterocycles. The largest absolute Gasteiger partial charge is 0.506 e. The normalized spacial score (nSPS) is 11.5. The van der Waals surface area contributed by atoms with Crippen molar-refractivity contribution in [2.45, 2.75) is 26.0 Å². The van der Waals surface area contributed by atoms with E-state index in [0.717, 1.165) is 11.1 Å². The number of phenolic OH excluding ortho intramolecular Hbond substituents is 1. The van der Waals surface area contributed by atoms with Crippen LogP contribution in [0.4, 0.5) is 4.79 Å². The second kappa shape index (κ2) is 10.7. The molecule has 0 heterocycles. The Morgan fingerprint density at radius 2 is 1.70 bits per heavy atom. The highest BCUT2D eigenvalue weighted by atomic mass is 127. The molecule has 2 aromatic carbocycles. The summed E-state index contributed by atoms with van der Waals surface area (Å²) >= 11 is 4.04. The molecule has 27 heavy (non-hydrogen) atoms. The van der Waals surface area contributed by atoms with Crippen LogP contribution in [0.15, 0.2) is 42.5 Å². The molecule has 0 bridgehead atoms. The van der Waals surface area contributed by atoms with Crippen LogP contribution in [0, 0.1) is 7.14 Å². The summed E-state index contributed by atoms with van der Waals surface area (Å²) in [5, 5.41) is 12.5. The number of esters is 1. The molecule has 0 aliphatic rings. The van der Waals surface area contributed by atoms with Gasteiger partial charge in [-0.2, -0.15) is 0 Å². The van der Waals surface area contributed by atoms with Crippen molar-refractivity contribution < 1.29 is 24.2 Å². The maximum Gasteiger partial charge on any atom is 0.408 e. The first-order chi connectivity index (χ1) is 12.9. The molecule has 2 N–H and O–H groups in total. The Labute approximate surface area is 184 Å². The third-order valence-corrected chi connectivity index (χ3v) is 5.24. The zero-order valence-corrected chi connectivity index (χ0v) is 18.9. The molecule has 0 saturated carbocycles. The molecule has 0 aliphatic heterocycles. The van der Waals surface area contributed by atoms with Crippen molar-refractivity contribution in [2.24, 2.45) is 0 Å². The lowest BCUT2D eigenvalue weighted by atomic mass is 10.1. The number of halogens is 2. The summed E-state index contributed by atoms with van der Waals surface area (Å²) < 4.78 is 11.6. The fourth-order valence-corrected chi connectivity index (χ4v) is 4.21. The lowest BCUT2D eigenvalue weighted by Crippen LogP contribution is -2.43. The zero-order valence-electron chi connectivity index (χ0n) is 14.6. The Hall–Kier alpha value is -1.56. The summed E-state index contributed by atoms with van der Waals surface area (Å²) in [5.41, 5.74) is 1.64. The highest BCUT2D eigenvalue weighted by Gasteiger charge is 2.24. The molecule has 0 unspecified atom stereocenters. The Morgan fingerprint density at radius 1 is 1.07 bits per heavy atom. The first-order valence-corrected chi connectivity index (χ1v) is 10.4. The van der Waals surface area contributed by atoms with Crippen molar-refractivity contribution in [1.82, 2.24) is 5.32 Å². The Bertz CT molecular complexity index is 775. The molecule has 0 aliphatic carbocycles. The van der Waals surface area contributed by atoms with E-state index in [9.17, 15) is 14.7 Å². The van der Waals surface area contributed by atoms with Crippen LogP contribution >= 0.6 is 45.2 Å². The van der Waals surface area contributed by atoms with Crippen LogP contribution in [0.2, 0.25) is 0 Å². The van der Waals surface area contributed by atoms with E-state index in [1.165, 1.54) is 0 Å². The van der Waals surface area contributed by atoms with E-state index in [0.29, 0.717) is 7.14 Å². The predicted octanol–water partition coefficient (Wildman–Crippen LogP) is 4.00. The number of nitrogens with one attached hydrogen (secondary N) is 1. The number of carbonyl (C=O) groups is 2. The molecule has 2 rings (SSSR count). The van der Waals surface area contributed by atoms with Gasteiger partial charge in [0, 0.05) is 6.42 Å². The monoisotopic (exact) mass is 595 g/mol. The van der Waals surface area contributed by atoms with E-state index < -0.39 is 18.1 Å². The number of rotatable bonds is 7. The molecule has 0 saturated heterocycles. The third-order valence-electron chi connectivity index (χ3n) is 3.59. The van der Waals surface area contributed by atoms with Crippen molar-refractivity contribution in [3.63, 3.8) is 0 Å². The van der Waals surface area contributed by atoms with Crippen molar-refractivity contribution >= 4 is 57.2 Å². The van der Waals surface area contributed by atoms with Crippen molar-refractivity contribution in [3.8, 4) is 5.75 Å². The highest BCUT2D eigenvalue weighted by Crippen LogP contribution is 2.28. The van der Waals surface area contributed by atoms with Crippen LogP contribution in [0.25, 0.3) is 0 Å². The summed E-state index contributed by atoms with van der Waals surface area (Å²) in [7, 11) is 0. The second-order valence-corrected chi connectivity index (χ2v) is 7.95. The molecule has 2 aromatic rings. The van der Waals surface area contributed by atoms with Crippen molar-refractivity contribution in [3.05, 3.63) is 60.7 Å². The molecule has 1 amide bonds.